The highest BCUT2D eigenvalue weighted by Gasteiger charge is 2.34. The van der Waals surface area contributed by atoms with Crippen LogP contribution in [0.1, 0.15) is 23.2 Å². The van der Waals surface area contributed by atoms with E-state index in [-0.39, 0.29) is 6.61 Å². The molecule has 2 fully saturated rings. The summed E-state index contributed by atoms with van der Waals surface area (Å²) in [4.78, 5) is 13.6. The second kappa shape index (κ2) is 8.90. The van der Waals surface area contributed by atoms with Crippen LogP contribution in [-0.4, -0.2) is 60.5 Å². The van der Waals surface area contributed by atoms with Crippen LogP contribution in [0.4, 0.5) is 0 Å². The number of morpholine rings is 1. The number of fused-ring (bicyclic) bond motifs is 3. The Kier molecular flexibility index (Phi) is 5.83. The van der Waals surface area contributed by atoms with Gasteiger partial charge < -0.3 is 20.3 Å². The van der Waals surface area contributed by atoms with Gasteiger partial charge in [0.2, 0.25) is 5.91 Å². The number of carbonyl (C=O) groups is 1. The highest BCUT2D eigenvalue weighted by molar-refractivity contribution is 5.93. The summed E-state index contributed by atoms with van der Waals surface area (Å²) in [6.07, 6.45) is 2.38. The van der Waals surface area contributed by atoms with Crippen LogP contribution >= 0.6 is 0 Å². The zero-order valence-electron chi connectivity index (χ0n) is 17.9. The maximum atomic E-state index is 11.3. The highest BCUT2D eigenvalue weighted by Crippen LogP contribution is 2.28. The van der Waals surface area contributed by atoms with Gasteiger partial charge in [-0.3, -0.25) is 9.69 Å². The van der Waals surface area contributed by atoms with E-state index in [0.717, 1.165) is 53.6 Å². The van der Waals surface area contributed by atoms with Gasteiger partial charge in [-0.2, -0.15) is 0 Å². The molecule has 1 unspecified atom stereocenters. The van der Waals surface area contributed by atoms with Gasteiger partial charge in [0, 0.05) is 25.2 Å². The van der Waals surface area contributed by atoms with Crippen molar-refractivity contribution >= 4 is 16.7 Å². The van der Waals surface area contributed by atoms with Gasteiger partial charge in [-0.05, 0) is 65.1 Å². The monoisotopic (exact) mass is 432 g/mol. The average Bonchev–Trinajstić information content (AvgIpc) is 3.15. The number of hydrogen-bond acceptors (Lipinski definition) is 5. The van der Waals surface area contributed by atoms with Gasteiger partial charge in [-0.25, -0.2) is 0 Å². The molecule has 5 rings (SSSR count). The fraction of sp³-hybridized carbons (Fsp3) is 0.346. The average molecular weight is 433 g/mol. The number of nitrogens with zero attached hydrogens (tertiary/aromatic N) is 1. The summed E-state index contributed by atoms with van der Waals surface area (Å²) in [6, 6.07) is 19.5. The Morgan fingerprint density at radius 3 is 2.38 bits per heavy atom. The number of β-amino-alcohol motifs (C(OH)–C–C–N with tert-alkyl or cyclic N) is 1. The van der Waals surface area contributed by atoms with Crippen molar-refractivity contribution in [3.63, 3.8) is 0 Å². The molecule has 0 aliphatic carbocycles. The molecule has 2 aliphatic rings. The first kappa shape index (κ1) is 20.9. The molecule has 0 radical (unpaired) electrons. The van der Waals surface area contributed by atoms with Crippen LogP contribution in [0.25, 0.3) is 21.9 Å². The smallest absolute Gasteiger partial charge is 0.248 e. The first-order valence-electron chi connectivity index (χ1n) is 11.2. The van der Waals surface area contributed by atoms with Gasteiger partial charge in [0.25, 0.3) is 0 Å². The molecule has 2 heterocycles. The lowest BCUT2D eigenvalue weighted by Gasteiger charge is -2.33. The summed E-state index contributed by atoms with van der Waals surface area (Å²) in [5.41, 5.74) is 7.91. The number of nitrogens with two attached hydrogens (primary N) is 1. The van der Waals surface area contributed by atoms with E-state index < -0.39 is 12.0 Å². The number of benzene rings is 3. The molecule has 32 heavy (non-hydrogen) atoms. The Bertz CT molecular complexity index is 1100. The second-order valence-electron chi connectivity index (χ2n) is 8.81. The van der Waals surface area contributed by atoms with E-state index in [0.29, 0.717) is 24.3 Å². The molecule has 2 aliphatic heterocycles. The van der Waals surface area contributed by atoms with Gasteiger partial charge in [0.15, 0.2) is 0 Å². The number of likely N-dealkylation sites (tertiary alicyclic amines) is 1. The highest BCUT2D eigenvalue weighted by atomic mass is 16.5. The lowest BCUT2D eigenvalue weighted by molar-refractivity contribution is -0.0528. The maximum Gasteiger partial charge on any atom is 0.248 e. The van der Waals surface area contributed by atoms with Crippen LogP contribution < -0.4 is 10.5 Å². The molecule has 3 aromatic carbocycles. The van der Waals surface area contributed by atoms with Crippen molar-refractivity contribution in [2.75, 3.05) is 26.2 Å². The van der Waals surface area contributed by atoms with Gasteiger partial charge in [-0.15, -0.1) is 0 Å². The zero-order chi connectivity index (χ0) is 22.1. The Morgan fingerprint density at radius 1 is 1.00 bits per heavy atom. The molecule has 166 valence electrons. The van der Waals surface area contributed by atoms with Crippen molar-refractivity contribution in [2.45, 2.75) is 31.2 Å². The van der Waals surface area contributed by atoms with Crippen molar-refractivity contribution in [2.24, 2.45) is 5.73 Å². The minimum Gasteiger partial charge on any atom is -0.491 e. The van der Waals surface area contributed by atoms with E-state index in [1.165, 1.54) is 0 Å². The van der Waals surface area contributed by atoms with Crippen LogP contribution in [0.2, 0.25) is 0 Å². The Balaban J connectivity index is 1.21. The van der Waals surface area contributed by atoms with E-state index in [9.17, 15) is 9.90 Å². The minimum absolute atomic E-state index is 0.266. The molecule has 3 aromatic rings. The minimum atomic E-state index is -0.533. The fourth-order valence-electron chi connectivity index (χ4n) is 4.71. The first-order valence-corrected chi connectivity index (χ1v) is 11.2. The molecule has 0 spiro atoms. The van der Waals surface area contributed by atoms with Crippen LogP contribution in [-0.2, 0) is 4.74 Å². The summed E-state index contributed by atoms with van der Waals surface area (Å²) in [5, 5.41) is 12.6. The van der Waals surface area contributed by atoms with Crippen molar-refractivity contribution in [3.05, 3.63) is 66.2 Å². The summed E-state index contributed by atoms with van der Waals surface area (Å²) in [6.45, 7) is 2.68. The predicted octanol–water partition coefficient (Wildman–Crippen LogP) is 3.21. The zero-order valence-corrected chi connectivity index (χ0v) is 17.9. The largest absolute Gasteiger partial charge is 0.491 e. The molecule has 3 atom stereocenters. The molecule has 0 saturated carbocycles. The summed E-state index contributed by atoms with van der Waals surface area (Å²) < 4.78 is 11.7. The number of amides is 1. The number of rotatable bonds is 7. The molecular formula is C26H28N2O4. The van der Waals surface area contributed by atoms with E-state index in [4.69, 9.17) is 15.2 Å². The van der Waals surface area contributed by atoms with Crippen LogP contribution in [0.15, 0.2) is 60.7 Å². The SMILES string of the molecule is NC(=O)c1ccc(-c2ccc3cc(OCC(O)CN4C[C@H]5CC[C@@H](C4)O5)ccc3c2)cc1. The number of carbonyl (C=O) groups excluding carboxylic acids is 1. The van der Waals surface area contributed by atoms with Crippen LogP contribution in [0.3, 0.4) is 0 Å². The Labute approximate surface area is 187 Å². The quantitative estimate of drug-likeness (QED) is 0.599. The molecule has 3 N–H and O–H groups in total. The Morgan fingerprint density at radius 2 is 1.66 bits per heavy atom. The number of ether oxygens (including phenoxy) is 2. The normalized spacial score (nSPS) is 21.5. The van der Waals surface area contributed by atoms with Crippen molar-refractivity contribution in [3.8, 4) is 16.9 Å². The number of aliphatic hydroxyl groups is 1. The maximum absolute atomic E-state index is 11.3. The molecule has 6 heteroatoms. The summed E-state index contributed by atoms with van der Waals surface area (Å²) >= 11 is 0. The van der Waals surface area contributed by atoms with Crippen molar-refractivity contribution in [1.29, 1.82) is 0 Å². The number of hydrogen-bond donors (Lipinski definition) is 2. The van der Waals surface area contributed by atoms with Gasteiger partial charge >= 0.3 is 0 Å². The van der Waals surface area contributed by atoms with E-state index in [1.807, 2.05) is 36.4 Å². The van der Waals surface area contributed by atoms with Crippen LogP contribution in [0.5, 0.6) is 5.75 Å². The predicted molar refractivity (Wildman–Crippen MR) is 124 cm³/mol. The summed E-state index contributed by atoms with van der Waals surface area (Å²) in [5.74, 6) is 0.321. The van der Waals surface area contributed by atoms with Crippen molar-refractivity contribution < 1.29 is 19.4 Å². The molecule has 0 aromatic heterocycles. The van der Waals surface area contributed by atoms with Crippen LogP contribution in [0, 0.1) is 0 Å². The van der Waals surface area contributed by atoms with Gasteiger partial charge in [0.1, 0.15) is 18.5 Å². The third-order valence-electron chi connectivity index (χ3n) is 6.34. The molecular weight excluding hydrogens is 404 g/mol. The number of primary amides is 1. The molecule has 1 amide bonds. The summed E-state index contributed by atoms with van der Waals surface area (Å²) in [7, 11) is 0. The third-order valence-corrected chi connectivity index (χ3v) is 6.34. The topological polar surface area (TPSA) is 85.0 Å². The first-order chi connectivity index (χ1) is 15.5. The van der Waals surface area contributed by atoms with E-state index in [1.54, 1.807) is 12.1 Å². The van der Waals surface area contributed by atoms with Gasteiger partial charge in [-0.1, -0.05) is 30.3 Å². The van der Waals surface area contributed by atoms with Gasteiger partial charge in [0.05, 0.1) is 12.2 Å². The standard InChI is InChI=1S/C26H28N2O4/c27-26(30)18-3-1-17(2-4-18)19-5-6-21-12-23(8-7-20(21)11-19)31-16-22(29)13-28-14-24-9-10-25(15-28)32-24/h1-8,11-12,22,24-25,29H,9-10,13-16H2,(H2,27,30)/t22?,24-,25+. The second-order valence-corrected chi connectivity index (χ2v) is 8.81. The number of aliphatic hydroxyl groups excluding tert-OH is 1. The van der Waals surface area contributed by atoms with E-state index >= 15 is 0 Å². The third kappa shape index (κ3) is 4.63. The van der Waals surface area contributed by atoms with Crippen molar-refractivity contribution in [1.82, 2.24) is 4.90 Å². The van der Waals surface area contributed by atoms with E-state index in [2.05, 4.69) is 17.0 Å². The molecule has 2 bridgehead atoms. The lowest BCUT2D eigenvalue weighted by Crippen LogP contribution is -2.46. The molecule has 6 nitrogen and oxygen atoms in total. The lowest BCUT2D eigenvalue weighted by atomic mass is 10.00. The Hall–Kier alpha value is -2.93. The molecule has 2 saturated heterocycles. The fourth-order valence-corrected chi connectivity index (χ4v) is 4.71.